The summed E-state index contributed by atoms with van der Waals surface area (Å²) < 4.78 is 9.44. The third-order valence-electron chi connectivity index (χ3n) is 2.95. The zero-order valence-corrected chi connectivity index (χ0v) is 13.2. The summed E-state index contributed by atoms with van der Waals surface area (Å²) in [5.74, 6) is -0.658. The second kappa shape index (κ2) is 16.0. The Morgan fingerprint density at radius 2 is 1.41 bits per heavy atom. The summed E-state index contributed by atoms with van der Waals surface area (Å²) in [6, 6.07) is 0. The maximum Gasteiger partial charge on any atom is 0.330 e. The average molecular weight is 316 g/mol. The summed E-state index contributed by atoms with van der Waals surface area (Å²) in [6.07, 6.45) is 10.5. The maximum absolute atomic E-state index is 11.1. The van der Waals surface area contributed by atoms with Crippen LogP contribution in [0.3, 0.4) is 0 Å². The number of aliphatic hydroxyl groups is 2. The molecule has 0 aliphatic carbocycles. The summed E-state index contributed by atoms with van der Waals surface area (Å²) in [5.41, 5.74) is 0. The van der Waals surface area contributed by atoms with E-state index in [2.05, 4.69) is 4.74 Å². The zero-order valence-electron chi connectivity index (χ0n) is 13.2. The number of carbonyl (C=O) groups excluding carboxylic acids is 2. The fourth-order valence-electron chi connectivity index (χ4n) is 1.84. The third-order valence-corrected chi connectivity index (χ3v) is 2.95. The first-order valence-electron chi connectivity index (χ1n) is 7.91. The van der Waals surface area contributed by atoms with Crippen molar-refractivity contribution in [3.05, 3.63) is 12.2 Å². The van der Waals surface area contributed by atoms with Gasteiger partial charge >= 0.3 is 11.9 Å². The number of unbranched alkanes of at least 4 members (excludes halogenated alkanes) is 6. The summed E-state index contributed by atoms with van der Waals surface area (Å²) in [7, 11) is 0. The molecule has 0 saturated heterocycles. The highest BCUT2D eigenvalue weighted by Gasteiger charge is 2.01. The van der Waals surface area contributed by atoms with Crippen molar-refractivity contribution in [3.8, 4) is 0 Å². The molecule has 0 bridgehead atoms. The largest absolute Gasteiger partial charge is 0.463 e. The Hall–Kier alpha value is -1.40. The van der Waals surface area contributed by atoms with Gasteiger partial charge in [0.05, 0.1) is 13.2 Å². The van der Waals surface area contributed by atoms with Crippen molar-refractivity contribution in [1.29, 1.82) is 0 Å². The molecule has 0 rings (SSSR count). The summed E-state index contributed by atoms with van der Waals surface area (Å²) in [6.45, 7) is -0.158. The van der Waals surface area contributed by atoms with E-state index in [1.165, 1.54) is 6.08 Å². The lowest BCUT2D eigenvalue weighted by atomic mass is 10.1. The van der Waals surface area contributed by atoms with Crippen molar-refractivity contribution >= 4 is 11.9 Å². The van der Waals surface area contributed by atoms with Crippen LogP contribution in [0.25, 0.3) is 0 Å². The number of aliphatic hydroxyl groups excluding tert-OH is 2. The second-order valence-electron chi connectivity index (χ2n) is 4.90. The van der Waals surface area contributed by atoms with Gasteiger partial charge in [0.2, 0.25) is 0 Å². The SMILES string of the molecule is O=C(/C=C/CCCCCCCCC(=O)OCCO)OCCO. The second-order valence-corrected chi connectivity index (χ2v) is 4.90. The molecule has 0 heterocycles. The van der Waals surface area contributed by atoms with Gasteiger partial charge in [0, 0.05) is 12.5 Å². The van der Waals surface area contributed by atoms with Gasteiger partial charge in [-0.1, -0.05) is 31.8 Å². The smallest absolute Gasteiger partial charge is 0.330 e. The van der Waals surface area contributed by atoms with Gasteiger partial charge in [-0.3, -0.25) is 4.79 Å². The Morgan fingerprint density at radius 3 is 2.09 bits per heavy atom. The van der Waals surface area contributed by atoms with E-state index in [9.17, 15) is 9.59 Å². The van der Waals surface area contributed by atoms with Gasteiger partial charge in [0.15, 0.2) is 0 Å². The number of ether oxygens (including phenoxy) is 2. The van der Waals surface area contributed by atoms with Gasteiger partial charge in [-0.05, 0) is 19.3 Å². The standard InChI is InChI=1S/C16H28O6/c17-11-13-21-15(19)9-7-5-3-1-2-4-6-8-10-16(20)22-14-12-18/h7,9,17-18H,1-6,8,10-14H2/b9-7+. The molecule has 0 aromatic heterocycles. The minimum absolute atomic E-state index is 0.0384. The number of allylic oxidation sites excluding steroid dienone is 1. The van der Waals surface area contributed by atoms with Crippen molar-refractivity contribution in [2.45, 2.75) is 51.4 Å². The normalized spacial score (nSPS) is 10.8. The van der Waals surface area contributed by atoms with Crippen molar-refractivity contribution in [2.75, 3.05) is 26.4 Å². The molecule has 0 amide bonds. The topological polar surface area (TPSA) is 93.1 Å². The summed E-state index contributed by atoms with van der Waals surface area (Å²) in [4.78, 5) is 22.2. The minimum Gasteiger partial charge on any atom is -0.463 e. The summed E-state index contributed by atoms with van der Waals surface area (Å²) in [5, 5.41) is 17.0. The molecule has 2 N–H and O–H groups in total. The molecule has 0 atom stereocenters. The van der Waals surface area contributed by atoms with E-state index in [-0.39, 0.29) is 32.4 Å². The number of hydrogen-bond donors (Lipinski definition) is 2. The highest BCUT2D eigenvalue weighted by Crippen LogP contribution is 2.09. The molecule has 22 heavy (non-hydrogen) atoms. The van der Waals surface area contributed by atoms with Crippen molar-refractivity contribution in [1.82, 2.24) is 0 Å². The highest BCUT2D eigenvalue weighted by atomic mass is 16.5. The van der Waals surface area contributed by atoms with E-state index in [4.69, 9.17) is 14.9 Å². The molecule has 0 unspecified atom stereocenters. The molecule has 0 aromatic rings. The van der Waals surface area contributed by atoms with Crippen LogP contribution >= 0.6 is 0 Å². The fourth-order valence-corrected chi connectivity index (χ4v) is 1.84. The molecule has 0 aliphatic heterocycles. The van der Waals surface area contributed by atoms with Crippen LogP contribution < -0.4 is 0 Å². The van der Waals surface area contributed by atoms with Crippen molar-refractivity contribution in [3.63, 3.8) is 0 Å². The first kappa shape index (κ1) is 20.6. The first-order valence-corrected chi connectivity index (χ1v) is 7.91. The molecule has 0 fully saturated rings. The van der Waals surface area contributed by atoms with E-state index in [0.717, 1.165) is 44.9 Å². The Bertz CT molecular complexity index is 314. The number of rotatable bonds is 14. The van der Waals surface area contributed by atoms with Gasteiger partial charge in [0.1, 0.15) is 13.2 Å². The lowest BCUT2D eigenvalue weighted by Crippen LogP contribution is -2.07. The van der Waals surface area contributed by atoms with E-state index in [1.807, 2.05) is 0 Å². The van der Waals surface area contributed by atoms with E-state index < -0.39 is 5.97 Å². The number of esters is 2. The highest BCUT2D eigenvalue weighted by molar-refractivity contribution is 5.81. The Kier molecular flexibility index (Phi) is 15.0. The Balaban J connectivity index is 3.28. The van der Waals surface area contributed by atoms with Gasteiger partial charge in [-0.2, -0.15) is 0 Å². The third kappa shape index (κ3) is 15.0. The Labute approximate surface area is 132 Å². The summed E-state index contributed by atoms with van der Waals surface area (Å²) >= 11 is 0. The lowest BCUT2D eigenvalue weighted by molar-refractivity contribution is -0.144. The predicted molar refractivity (Wildman–Crippen MR) is 82.2 cm³/mol. The fraction of sp³-hybridized carbons (Fsp3) is 0.750. The van der Waals surface area contributed by atoms with E-state index in [0.29, 0.717) is 6.42 Å². The van der Waals surface area contributed by atoms with Crippen LogP contribution in [0, 0.1) is 0 Å². The van der Waals surface area contributed by atoms with Crippen LogP contribution in [0.15, 0.2) is 12.2 Å². The first-order chi connectivity index (χ1) is 10.7. The van der Waals surface area contributed by atoms with Crippen LogP contribution in [0.1, 0.15) is 51.4 Å². The van der Waals surface area contributed by atoms with Gasteiger partial charge in [-0.15, -0.1) is 0 Å². The van der Waals surface area contributed by atoms with Crippen LogP contribution in [0.5, 0.6) is 0 Å². The zero-order chi connectivity index (χ0) is 16.5. The van der Waals surface area contributed by atoms with Crippen LogP contribution in [0.2, 0.25) is 0 Å². The molecule has 0 aromatic carbocycles. The van der Waals surface area contributed by atoms with E-state index in [1.54, 1.807) is 6.08 Å². The molecule has 6 heteroatoms. The van der Waals surface area contributed by atoms with Gasteiger partial charge in [0.25, 0.3) is 0 Å². The average Bonchev–Trinajstić information content (AvgIpc) is 2.52. The predicted octanol–water partition coefficient (Wildman–Crippen LogP) is 1.73. The monoisotopic (exact) mass is 316 g/mol. The molecule has 0 saturated carbocycles. The van der Waals surface area contributed by atoms with Gasteiger partial charge < -0.3 is 19.7 Å². The molecular formula is C16H28O6. The van der Waals surface area contributed by atoms with Crippen molar-refractivity contribution in [2.24, 2.45) is 0 Å². The molecular weight excluding hydrogens is 288 g/mol. The molecule has 0 spiro atoms. The molecule has 128 valence electrons. The van der Waals surface area contributed by atoms with Crippen LogP contribution in [-0.4, -0.2) is 48.6 Å². The Morgan fingerprint density at radius 1 is 0.818 bits per heavy atom. The minimum atomic E-state index is -0.415. The van der Waals surface area contributed by atoms with Gasteiger partial charge in [-0.25, -0.2) is 4.79 Å². The van der Waals surface area contributed by atoms with Crippen LogP contribution in [0.4, 0.5) is 0 Å². The van der Waals surface area contributed by atoms with Crippen LogP contribution in [-0.2, 0) is 19.1 Å². The van der Waals surface area contributed by atoms with Crippen molar-refractivity contribution < 1.29 is 29.3 Å². The quantitative estimate of drug-likeness (QED) is 0.288. The maximum atomic E-state index is 11.1. The lowest BCUT2D eigenvalue weighted by Gasteiger charge is -2.03. The number of hydrogen-bond acceptors (Lipinski definition) is 6. The molecule has 6 nitrogen and oxygen atoms in total. The molecule has 0 aliphatic rings. The molecule has 0 radical (unpaired) electrons. The van der Waals surface area contributed by atoms with E-state index >= 15 is 0 Å². The number of carbonyl (C=O) groups is 2.